The normalized spacial score (nSPS) is 20.7. The molecule has 0 heterocycles. The van der Waals surface area contributed by atoms with Crippen LogP contribution in [0.1, 0.15) is 47.4 Å². The summed E-state index contributed by atoms with van der Waals surface area (Å²) in [6.45, 7) is -3.51. The SMILES string of the molecule is [2H]C([2H])([2H])C([2H])([2H])C([2H])([2H])C([2H])([2H])C([2H])([2H])C[P+](c1ccccc1)(c1ccccc1)c1ccccc1. The molecule has 3 rings (SSSR count). The second kappa shape index (κ2) is 8.97. The molecule has 0 amide bonds. The summed E-state index contributed by atoms with van der Waals surface area (Å²) in [4.78, 5) is 0. The molecular formula is C24H28P+. The minimum atomic E-state index is -3.69. The van der Waals surface area contributed by atoms with Crippen LogP contribution in [0.3, 0.4) is 0 Å². The van der Waals surface area contributed by atoms with E-state index in [1.807, 2.05) is 54.6 Å². The molecule has 0 aliphatic heterocycles. The first-order valence-electron chi connectivity index (χ1n) is 13.6. The van der Waals surface area contributed by atoms with Gasteiger partial charge in [-0.1, -0.05) is 74.2 Å². The summed E-state index contributed by atoms with van der Waals surface area (Å²) >= 11 is 0. The van der Waals surface area contributed by atoms with Gasteiger partial charge >= 0.3 is 0 Å². The molecule has 0 N–H and O–H groups in total. The third kappa shape index (κ3) is 4.02. The summed E-state index contributed by atoms with van der Waals surface area (Å²) in [5, 5.41) is 2.21. The van der Waals surface area contributed by atoms with E-state index in [1.54, 1.807) is 36.4 Å². The molecule has 1 heteroatoms. The van der Waals surface area contributed by atoms with Crippen molar-refractivity contribution in [2.45, 2.75) is 32.3 Å². The monoisotopic (exact) mass is 358 g/mol. The van der Waals surface area contributed by atoms with Gasteiger partial charge in [0.2, 0.25) is 0 Å². The maximum atomic E-state index is 8.90. The Balaban J connectivity index is 2.30. The van der Waals surface area contributed by atoms with Gasteiger partial charge in [0.05, 0.1) is 6.16 Å². The first-order valence-corrected chi connectivity index (χ1v) is 10.0. The number of benzene rings is 3. The largest absolute Gasteiger partial charge is 0.112 e. The minimum absolute atomic E-state index is 0.512. The Morgan fingerprint density at radius 1 is 0.640 bits per heavy atom. The summed E-state index contributed by atoms with van der Waals surface area (Å²) in [7, 11) is -2.98. The maximum Gasteiger partial charge on any atom is 0.112 e. The van der Waals surface area contributed by atoms with Crippen LogP contribution in [0.4, 0.5) is 0 Å². The first kappa shape index (κ1) is 8.65. The predicted molar refractivity (Wildman–Crippen MR) is 114 cm³/mol. The number of hydrogen-bond donors (Lipinski definition) is 0. The van der Waals surface area contributed by atoms with Gasteiger partial charge in [0.25, 0.3) is 0 Å². The quantitative estimate of drug-likeness (QED) is 0.462. The second-order valence-electron chi connectivity index (χ2n) is 5.53. The highest BCUT2D eigenvalue weighted by molar-refractivity contribution is 7.95. The summed E-state index contributed by atoms with van der Waals surface area (Å²) in [5.74, 6) is 0. The molecule has 0 fully saturated rings. The van der Waals surface area contributed by atoms with Gasteiger partial charge in [-0.2, -0.15) is 0 Å². The minimum Gasteiger partial charge on any atom is -0.0654 e. The molecule has 0 spiro atoms. The predicted octanol–water partition coefficient (Wildman–Crippen LogP) is 5.56. The summed E-state index contributed by atoms with van der Waals surface area (Å²) in [6.07, 6.45) is -14.3. The first-order chi connectivity index (χ1) is 16.5. The van der Waals surface area contributed by atoms with Gasteiger partial charge in [-0.05, 0) is 49.1 Å². The van der Waals surface area contributed by atoms with Gasteiger partial charge in [0.1, 0.15) is 23.2 Å². The molecule has 0 aliphatic carbocycles. The fraction of sp³-hybridized carbons (Fsp3) is 0.250. The molecule has 0 saturated carbocycles. The zero-order chi connectivity index (χ0) is 27.0. The van der Waals surface area contributed by atoms with Crippen molar-refractivity contribution in [1.29, 1.82) is 0 Å². The molecule has 25 heavy (non-hydrogen) atoms. The molecule has 0 aliphatic rings. The molecule has 128 valence electrons. The van der Waals surface area contributed by atoms with Crippen molar-refractivity contribution < 1.29 is 15.1 Å². The molecule has 0 bridgehead atoms. The topological polar surface area (TPSA) is 0 Å². The average Bonchev–Trinajstić information content (AvgIpc) is 2.83. The zero-order valence-corrected chi connectivity index (χ0v) is 14.7. The van der Waals surface area contributed by atoms with E-state index in [4.69, 9.17) is 15.1 Å². The standard InChI is InChI=1S/C24H28P/c1-2-3-4-14-21-25(22-15-8-5-9-16-22,23-17-10-6-11-18-23)24-19-12-7-13-20-24/h5-13,15-20H,2-4,14,21H2,1H3/q+1/i1D3,2D2,3D2,4D2,14D2. The Hall–Kier alpha value is -1.91. The highest BCUT2D eigenvalue weighted by Gasteiger charge is 2.44. The van der Waals surface area contributed by atoms with Crippen LogP contribution in [0.2, 0.25) is 0 Å². The fourth-order valence-electron chi connectivity index (χ4n) is 3.00. The van der Waals surface area contributed by atoms with E-state index >= 15 is 0 Å². The van der Waals surface area contributed by atoms with Crippen LogP contribution in [-0.2, 0) is 0 Å². The Labute approximate surface area is 168 Å². The average molecular weight is 359 g/mol. The molecule has 0 nitrogen and oxygen atoms in total. The van der Waals surface area contributed by atoms with Gasteiger partial charge in [-0.25, -0.2) is 0 Å². The van der Waals surface area contributed by atoms with E-state index in [0.29, 0.717) is 0 Å². The van der Waals surface area contributed by atoms with E-state index in [1.165, 1.54) is 0 Å². The molecule has 3 aromatic carbocycles. The summed E-state index contributed by atoms with van der Waals surface area (Å²) < 4.78 is 90.0. The van der Waals surface area contributed by atoms with Gasteiger partial charge < -0.3 is 0 Å². The maximum absolute atomic E-state index is 8.90. The van der Waals surface area contributed by atoms with Gasteiger partial charge in [0.15, 0.2) is 0 Å². The van der Waals surface area contributed by atoms with Crippen LogP contribution in [0.25, 0.3) is 0 Å². The molecule has 0 aromatic heterocycles. The van der Waals surface area contributed by atoms with Gasteiger partial charge in [0, 0.05) is 15.1 Å². The highest BCUT2D eigenvalue weighted by atomic mass is 31.2. The van der Waals surface area contributed by atoms with Crippen molar-refractivity contribution >= 4 is 23.2 Å². The Bertz CT molecular complexity index is 1050. The Kier molecular flexibility index (Phi) is 3.10. The van der Waals surface area contributed by atoms with Crippen molar-refractivity contribution in [2.75, 3.05) is 6.16 Å². The Morgan fingerprint density at radius 3 is 1.48 bits per heavy atom. The van der Waals surface area contributed by atoms with Crippen LogP contribution >= 0.6 is 7.26 Å². The van der Waals surface area contributed by atoms with Crippen molar-refractivity contribution in [2.24, 2.45) is 0 Å². The third-order valence-corrected chi connectivity index (χ3v) is 8.29. The van der Waals surface area contributed by atoms with Crippen LogP contribution in [-0.4, -0.2) is 6.16 Å². The summed E-state index contributed by atoms with van der Waals surface area (Å²) in [6, 6.07) is 27.2. The van der Waals surface area contributed by atoms with Crippen LogP contribution in [0, 0.1) is 0 Å². The third-order valence-electron chi connectivity index (χ3n) is 4.12. The highest BCUT2D eigenvalue weighted by Crippen LogP contribution is 2.55. The fourth-order valence-corrected chi connectivity index (χ4v) is 6.80. The van der Waals surface area contributed by atoms with Crippen LogP contribution < -0.4 is 15.9 Å². The second-order valence-corrected chi connectivity index (χ2v) is 9.01. The molecule has 0 radical (unpaired) electrons. The summed E-state index contributed by atoms with van der Waals surface area (Å²) in [5.41, 5.74) is 0. The van der Waals surface area contributed by atoms with Crippen molar-refractivity contribution in [1.82, 2.24) is 0 Å². The Morgan fingerprint density at radius 2 is 1.08 bits per heavy atom. The van der Waals surface area contributed by atoms with Crippen molar-refractivity contribution in [3.05, 3.63) is 91.0 Å². The van der Waals surface area contributed by atoms with Gasteiger partial charge in [-0.3, -0.25) is 0 Å². The van der Waals surface area contributed by atoms with E-state index in [-0.39, 0.29) is 0 Å². The van der Waals surface area contributed by atoms with Crippen LogP contribution in [0.5, 0.6) is 0 Å². The number of hydrogen-bond acceptors (Lipinski definition) is 0. The lowest BCUT2D eigenvalue weighted by Crippen LogP contribution is -2.33. The molecule has 0 atom stereocenters. The lowest BCUT2D eigenvalue weighted by Gasteiger charge is -2.27. The lowest BCUT2D eigenvalue weighted by atomic mass is 10.2. The molecule has 3 aromatic rings. The van der Waals surface area contributed by atoms with Crippen molar-refractivity contribution in [3.8, 4) is 0 Å². The smallest absolute Gasteiger partial charge is 0.0654 e. The van der Waals surface area contributed by atoms with E-state index in [0.717, 1.165) is 15.9 Å². The zero-order valence-electron chi connectivity index (χ0n) is 24.8. The van der Waals surface area contributed by atoms with Crippen molar-refractivity contribution in [3.63, 3.8) is 0 Å². The van der Waals surface area contributed by atoms with Crippen LogP contribution in [0.15, 0.2) is 91.0 Å². The van der Waals surface area contributed by atoms with E-state index < -0.39 is 45.8 Å². The lowest BCUT2D eigenvalue weighted by molar-refractivity contribution is 0.705. The van der Waals surface area contributed by atoms with E-state index in [2.05, 4.69) is 0 Å². The number of rotatable bonds is 8. The van der Waals surface area contributed by atoms with E-state index in [9.17, 15) is 0 Å². The molecule has 0 unspecified atom stereocenters. The van der Waals surface area contributed by atoms with Gasteiger partial charge in [-0.15, -0.1) is 0 Å². The molecule has 0 saturated heterocycles. The molecular weight excluding hydrogens is 319 g/mol.